The van der Waals surface area contributed by atoms with E-state index >= 15 is 0 Å². The zero-order valence-electron chi connectivity index (χ0n) is 49.3. The summed E-state index contributed by atoms with van der Waals surface area (Å²) in [4.78, 5) is 25.6. The van der Waals surface area contributed by atoms with Crippen molar-refractivity contribution in [2.75, 3.05) is 19.8 Å². The van der Waals surface area contributed by atoms with E-state index in [4.69, 9.17) is 14.2 Å². The quantitative estimate of drug-likeness (QED) is 0.0345. The lowest BCUT2D eigenvalue weighted by atomic mass is 10.1. The first-order chi connectivity index (χ1) is 36.6. The molecule has 0 spiro atoms. The summed E-state index contributed by atoms with van der Waals surface area (Å²) in [5.41, 5.74) is 0. The van der Waals surface area contributed by atoms with E-state index in [9.17, 15) is 9.59 Å². The second-order valence-electron chi connectivity index (χ2n) is 21.3. The average Bonchev–Trinajstić information content (AvgIpc) is 3.40. The standard InChI is InChI=1S/C69H122O5/c1-4-7-10-13-16-19-22-25-28-31-34-37-40-43-46-49-52-55-58-61-64-72-65-67(74-69(71)63-60-57-54-51-48-45-42-39-36-33-30-27-24-21-18-15-12-9-6-3)66-73-68(70)62-59-56-53-50-47-44-41-38-35-32-29-26-23-20-17-14-11-8-5-2/h17-18,20-21,25-30,35-36,38-39,67H,4-16,19,22-24,31-34,37,40-66H2,1-3H3/b20-17-,21-18-,28-25-,29-26-,30-27-,38-35-,39-36-. The summed E-state index contributed by atoms with van der Waals surface area (Å²) < 4.78 is 17.5. The van der Waals surface area contributed by atoms with Crippen molar-refractivity contribution in [3.8, 4) is 0 Å². The van der Waals surface area contributed by atoms with Gasteiger partial charge in [-0.15, -0.1) is 0 Å². The maximum absolute atomic E-state index is 12.9. The Morgan fingerprint density at radius 2 is 0.568 bits per heavy atom. The number of carbonyl (C=O) groups is 2. The van der Waals surface area contributed by atoms with Crippen LogP contribution in [0.5, 0.6) is 0 Å². The van der Waals surface area contributed by atoms with Gasteiger partial charge in [-0.25, -0.2) is 0 Å². The van der Waals surface area contributed by atoms with Crippen molar-refractivity contribution in [1.29, 1.82) is 0 Å². The lowest BCUT2D eigenvalue weighted by Gasteiger charge is -2.18. The highest BCUT2D eigenvalue weighted by Gasteiger charge is 2.17. The number of carbonyl (C=O) groups excluding carboxylic acids is 2. The van der Waals surface area contributed by atoms with Crippen LogP contribution >= 0.6 is 0 Å². The molecular formula is C69H122O5. The Hall–Kier alpha value is -2.92. The number of hydrogen-bond acceptors (Lipinski definition) is 5. The zero-order valence-corrected chi connectivity index (χ0v) is 49.3. The fourth-order valence-electron chi connectivity index (χ4n) is 9.05. The van der Waals surface area contributed by atoms with E-state index in [1.165, 1.54) is 193 Å². The first-order valence-corrected chi connectivity index (χ1v) is 32.1. The van der Waals surface area contributed by atoms with Crippen molar-refractivity contribution >= 4 is 11.9 Å². The molecule has 0 aliphatic heterocycles. The highest BCUT2D eigenvalue weighted by molar-refractivity contribution is 5.70. The third-order valence-electron chi connectivity index (χ3n) is 13.9. The monoisotopic (exact) mass is 1030 g/mol. The minimum absolute atomic E-state index is 0.0707. The van der Waals surface area contributed by atoms with Crippen LogP contribution in [0, 0.1) is 0 Å². The molecule has 428 valence electrons. The molecule has 1 unspecified atom stereocenters. The van der Waals surface area contributed by atoms with Gasteiger partial charge in [0.15, 0.2) is 6.10 Å². The van der Waals surface area contributed by atoms with Crippen LogP contribution in [-0.2, 0) is 23.8 Å². The van der Waals surface area contributed by atoms with Crippen LogP contribution in [0.25, 0.3) is 0 Å². The summed E-state index contributed by atoms with van der Waals surface area (Å²) in [6.07, 6.45) is 86.1. The molecule has 0 bridgehead atoms. The second kappa shape index (κ2) is 64.4. The van der Waals surface area contributed by atoms with Gasteiger partial charge in [-0.1, -0.05) is 266 Å². The number of unbranched alkanes of at least 4 members (excludes halogenated alkanes) is 34. The highest BCUT2D eigenvalue weighted by atomic mass is 16.6. The van der Waals surface area contributed by atoms with Gasteiger partial charge < -0.3 is 14.2 Å². The van der Waals surface area contributed by atoms with Gasteiger partial charge in [-0.3, -0.25) is 9.59 Å². The van der Waals surface area contributed by atoms with Gasteiger partial charge in [0.1, 0.15) is 6.61 Å². The molecule has 1 atom stereocenters. The van der Waals surface area contributed by atoms with Crippen LogP contribution < -0.4 is 0 Å². The summed E-state index contributed by atoms with van der Waals surface area (Å²) in [7, 11) is 0. The van der Waals surface area contributed by atoms with Crippen LogP contribution in [0.1, 0.15) is 316 Å². The van der Waals surface area contributed by atoms with Crippen molar-refractivity contribution in [3.63, 3.8) is 0 Å². The minimum atomic E-state index is -0.555. The van der Waals surface area contributed by atoms with Crippen molar-refractivity contribution in [2.45, 2.75) is 322 Å². The van der Waals surface area contributed by atoms with Crippen LogP contribution in [0.2, 0.25) is 0 Å². The van der Waals surface area contributed by atoms with E-state index in [-0.39, 0.29) is 25.2 Å². The maximum Gasteiger partial charge on any atom is 0.306 e. The molecule has 0 heterocycles. The van der Waals surface area contributed by atoms with E-state index in [2.05, 4.69) is 106 Å². The molecule has 0 saturated heterocycles. The van der Waals surface area contributed by atoms with Crippen molar-refractivity contribution in [2.24, 2.45) is 0 Å². The first-order valence-electron chi connectivity index (χ1n) is 32.1. The lowest BCUT2D eigenvalue weighted by molar-refractivity contribution is -0.163. The van der Waals surface area contributed by atoms with Crippen LogP contribution in [0.3, 0.4) is 0 Å². The Morgan fingerprint density at radius 3 is 0.946 bits per heavy atom. The summed E-state index contributed by atoms with van der Waals surface area (Å²) in [5, 5.41) is 0. The van der Waals surface area contributed by atoms with Gasteiger partial charge in [0.25, 0.3) is 0 Å². The van der Waals surface area contributed by atoms with Crippen molar-refractivity contribution in [1.82, 2.24) is 0 Å². The van der Waals surface area contributed by atoms with Crippen LogP contribution in [0.15, 0.2) is 85.1 Å². The molecule has 0 amide bonds. The number of hydrogen-bond donors (Lipinski definition) is 0. The Bertz CT molecular complexity index is 1350. The van der Waals surface area contributed by atoms with Crippen molar-refractivity contribution in [3.05, 3.63) is 85.1 Å². The molecule has 0 saturated carbocycles. The van der Waals surface area contributed by atoms with Gasteiger partial charge in [0, 0.05) is 19.4 Å². The summed E-state index contributed by atoms with van der Waals surface area (Å²) in [5.74, 6) is -0.417. The molecule has 74 heavy (non-hydrogen) atoms. The fraction of sp³-hybridized carbons (Fsp3) is 0.768. The molecule has 0 aliphatic rings. The lowest BCUT2D eigenvalue weighted by Crippen LogP contribution is -2.30. The molecule has 0 aromatic rings. The molecule has 0 N–H and O–H groups in total. The number of rotatable bonds is 59. The Kier molecular flexibility index (Phi) is 61.8. The highest BCUT2D eigenvalue weighted by Crippen LogP contribution is 2.15. The van der Waals surface area contributed by atoms with Gasteiger partial charge in [-0.05, 0) is 122 Å². The molecule has 0 rings (SSSR count). The minimum Gasteiger partial charge on any atom is -0.462 e. The zero-order chi connectivity index (χ0) is 53.4. The normalized spacial score (nSPS) is 12.7. The smallest absolute Gasteiger partial charge is 0.306 e. The number of esters is 2. The van der Waals surface area contributed by atoms with E-state index in [1.807, 2.05) is 0 Å². The maximum atomic E-state index is 12.9. The van der Waals surface area contributed by atoms with E-state index in [0.29, 0.717) is 19.4 Å². The number of allylic oxidation sites excluding steroid dienone is 14. The largest absolute Gasteiger partial charge is 0.462 e. The SMILES string of the molecule is CCCCC/C=C\C/C=C\C/C=C\CCCCCCCCC(=O)OCC(COCCCCCCCCCCCC/C=C\CCCCCCCC)OC(=O)CCCCCCCC/C=C\C/C=C\C/C=C\CCCCC. The van der Waals surface area contributed by atoms with Crippen molar-refractivity contribution < 1.29 is 23.8 Å². The average molecular weight is 1030 g/mol. The van der Waals surface area contributed by atoms with Gasteiger partial charge in [0.2, 0.25) is 0 Å². The molecule has 0 aliphatic carbocycles. The molecule has 5 nitrogen and oxygen atoms in total. The Morgan fingerprint density at radius 1 is 0.297 bits per heavy atom. The molecule has 5 heteroatoms. The van der Waals surface area contributed by atoms with Gasteiger partial charge in [0.05, 0.1) is 6.61 Å². The predicted octanol–water partition coefficient (Wildman–Crippen LogP) is 22.4. The summed E-state index contributed by atoms with van der Waals surface area (Å²) in [6.45, 7) is 7.78. The molecule has 0 aromatic heterocycles. The molecule has 0 aromatic carbocycles. The van der Waals surface area contributed by atoms with E-state index in [0.717, 1.165) is 89.9 Å². The van der Waals surface area contributed by atoms with Gasteiger partial charge in [-0.2, -0.15) is 0 Å². The Labute approximate surface area is 460 Å². The molecule has 0 fully saturated rings. The molecular weight excluding hydrogens is 909 g/mol. The van der Waals surface area contributed by atoms with Crippen LogP contribution in [-0.4, -0.2) is 37.9 Å². The first kappa shape index (κ1) is 71.1. The fourth-order valence-corrected chi connectivity index (χ4v) is 9.05. The van der Waals surface area contributed by atoms with E-state index in [1.54, 1.807) is 0 Å². The third kappa shape index (κ3) is 61.6. The predicted molar refractivity (Wildman–Crippen MR) is 325 cm³/mol. The number of ether oxygens (including phenoxy) is 3. The topological polar surface area (TPSA) is 61.8 Å². The summed E-state index contributed by atoms with van der Waals surface area (Å²) in [6, 6.07) is 0. The summed E-state index contributed by atoms with van der Waals surface area (Å²) >= 11 is 0. The molecule has 0 radical (unpaired) electrons. The Balaban J connectivity index is 4.33. The van der Waals surface area contributed by atoms with E-state index < -0.39 is 6.10 Å². The second-order valence-corrected chi connectivity index (χ2v) is 21.3. The third-order valence-corrected chi connectivity index (χ3v) is 13.9. The van der Waals surface area contributed by atoms with Gasteiger partial charge >= 0.3 is 11.9 Å². The van der Waals surface area contributed by atoms with Crippen LogP contribution in [0.4, 0.5) is 0 Å².